The number of nitrogens with one attached hydrogen (secondary N) is 2. The number of rotatable bonds is 7. The molecule has 0 atom stereocenters. The minimum absolute atomic E-state index is 0. The molecule has 0 unspecified atom stereocenters. The van der Waals surface area contributed by atoms with Crippen LogP contribution in [0.15, 0.2) is 59.9 Å². The van der Waals surface area contributed by atoms with Gasteiger partial charge in [0, 0.05) is 38.6 Å². The van der Waals surface area contributed by atoms with Crippen molar-refractivity contribution in [1.29, 1.82) is 0 Å². The normalized spacial score (nSPS) is 14.7. The third-order valence-electron chi connectivity index (χ3n) is 5.20. The van der Waals surface area contributed by atoms with E-state index in [1.165, 1.54) is 18.4 Å². The number of benzene rings is 1. The van der Waals surface area contributed by atoms with E-state index < -0.39 is 0 Å². The van der Waals surface area contributed by atoms with E-state index in [1.54, 1.807) is 24.5 Å². The van der Waals surface area contributed by atoms with Gasteiger partial charge in [-0.05, 0) is 49.8 Å². The lowest BCUT2D eigenvalue weighted by molar-refractivity contribution is 0.0954. The van der Waals surface area contributed by atoms with E-state index in [2.05, 4.69) is 57.8 Å². The van der Waals surface area contributed by atoms with Crippen molar-refractivity contribution in [3.63, 3.8) is 0 Å². The summed E-state index contributed by atoms with van der Waals surface area (Å²) in [6.45, 7) is 6.02. The van der Waals surface area contributed by atoms with E-state index in [-0.39, 0.29) is 29.9 Å². The summed E-state index contributed by atoms with van der Waals surface area (Å²) in [4.78, 5) is 23.1. The topological polar surface area (TPSA) is 69.6 Å². The van der Waals surface area contributed by atoms with Crippen molar-refractivity contribution in [2.75, 3.05) is 32.7 Å². The Morgan fingerprint density at radius 3 is 2.57 bits per heavy atom. The average molecular weight is 521 g/mol. The third kappa shape index (κ3) is 7.59. The fourth-order valence-corrected chi connectivity index (χ4v) is 3.65. The molecule has 1 fully saturated rings. The molecule has 0 saturated carbocycles. The molecule has 2 heterocycles. The van der Waals surface area contributed by atoms with Crippen molar-refractivity contribution < 1.29 is 4.79 Å². The maximum absolute atomic E-state index is 12.1. The van der Waals surface area contributed by atoms with Gasteiger partial charge in [-0.25, -0.2) is 0 Å². The SMILES string of the molecule is CCNC(=NCCNC(=O)c1cccnc1)N1CCC(Cc2ccccc2)CC1.I. The standard InChI is InChI=1S/C23H31N5O.HI/c1-2-25-23(27-14-13-26-22(29)21-9-6-12-24-18-21)28-15-10-20(11-16-28)17-19-7-4-3-5-8-19;/h3-9,12,18,20H,2,10-11,13-17H2,1H3,(H,25,27)(H,26,29);1H. The average Bonchev–Trinajstić information content (AvgIpc) is 2.78. The predicted octanol–water partition coefficient (Wildman–Crippen LogP) is 3.35. The van der Waals surface area contributed by atoms with Crippen LogP contribution in [-0.4, -0.2) is 54.5 Å². The van der Waals surface area contributed by atoms with Crippen LogP contribution in [0, 0.1) is 5.92 Å². The zero-order chi connectivity index (χ0) is 20.3. The van der Waals surface area contributed by atoms with Crippen LogP contribution >= 0.6 is 24.0 Å². The summed E-state index contributed by atoms with van der Waals surface area (Å²) in [5, 5.41) is 6.29. The smallest absolute Gasteiger partial charge is 0.252 e. The molecule has 30 heavy (non-hydrogen) atoms. The Labute approximate surface area is 196 Å². The molecule has 6 nitrogen and oxygen atoms in total. The Bertz CT molecular complexity index is 777. The van der Waals surface area contributed by atoms with Gasteiger partial charge in [0.15, 0.2) is 5.96 Å². The Morgan fingerprint density at radius 1 is 1.13 bits per heavy atom. The molecule has 1 aliphatic rings. The van der Waals surface area contributed by atoms with Gasteiger partial charge in [0.05, 0.1) is 12.1 Å². The quantitative estimate of drug-likeness (QED) is 0.254. The first-order chi connectivity index (χ1) is 14.3. The molecule has 1 saturated heterocycles. The number of likely N-dealkylation sites (tertiary alicyclic amines) is 1. The van der Waals surface area contributed by atoms with E-state index in [0.29, 0.717) is 18.7 Å². The number of halogens is 1. The predicted molar refractivity (Wildman–Crippen MR) is 132 cm³/mol. The van der Waals surface area contributed by atoms with Crippen LogP contribution in [0.5, 0.6) is 0 Å². The number of pyridine rings is 1. The molecular weight excluding hydrogens is 489 g/mol. The van der Waals surface area contributed by atoms with Gasteiger partial charge in [-0.2, -0.15) is 0 Å². The molecule has 2 aromatic rings. The Morgan fingerprint density at radius 2 is 1.90 bits per heavy atom. The van der Waals surface area contributed by atoms with Gasteiger partial charge in [0.2, 0.25) is 0 Å². The van der Waals surface area contributed by atoms with Crippen LogP contribution in [-0.2, 0) is 6.42 Å². The number of carbonyl (C=O) groups is 1. The Balaban J connectivity index is 0.00000320. The largest absolute Gasteiger partial charge is 0.357 e. The van der Waals surface area contributed by atoms with Gasteiger partial charge >= 0.3 is 0 Å². The maximum Gasteiger partial charge on any atom is 0.252 e. The number of hydrogen-bond donors (Lipinski definition) is 2. The monoisotopic (exact) mass is 521 g/mol. The molecule has 1 aliphatic heterocycles. The molecule has 1 aromatic heterocycles. The maximum atomic E-state index is 12.1. The molecule has 162 valence electrons. The first kappa shape index (κ1) is 24.1. The molecule has 0 bridgehead atoms. The number of aromatic nitrogens is 1. The van der Waals surface area contributed by atoms with Gasteiger partial charge < -0.3 is 15.5 Å². The number of carbonyl (C=O) groups excluding carboxylic acids is 1. The van der Waals surface area contributed by atoms with Crippen LogP contribution in [0.1, 0.15) is 35.7 Å². The van der Waals surface area contributed by atoms with Crippen LogP contribution in [0.3, 0.4) is 0 Å². The second-order valence-corrected chi connectivity index (χ2v) is 7.35. The first-order valence-electron chi connectivity index (χ1n) is 10.5. The number of nitrogens with zero attached hydrogens (tertiary/aromatic N) is 3. The van der Waals surface area contributed by atoms with Crippen molar-refractivity contribution in [3.8, 4) is 0 Å². The lowest BCUT2D eigenvalue weighted by Gasteiger charge is -2.34. The summed E-state index contributed by atoms with van der Waals surface area (Å²) in [5.41, 5.74) is 2.00. The molecule has 0 spiro atoms. The molecule has 1 aromatic carbocycles. The van der Waals surface area contributed by atoms with Crippen molar-refractivity contribution >= 4 is 35.8 Å². The van der Waals surface area contributed by atoms with Gasteiger partial charge in [0.25, 0.3) is 5.91 Å². The summed E-state index contributed by atoms with van der Waals surface area (Å²) in [6.07, 6.45) is 6.74. The van der Waals surface area contributed by atoms with Crippen molar-refractivity contribution in [2.24, 2.45) is 10.9 Å². The summed E-state index contributed by atoms with van der Waals surface area (Å²) >= 11 is 0. The fourth-order valence-electron chi connectivity index (χ4n) is 3.65. The van der Waals surface area contributed by atoms with Crippen LogP contribution in [0.2, 0.25) is 0 Å². The highest BCUT2D eigenvalue weighted by atomic mass is 127. The van der Waals surface area contributed by atoms with Crippen LogP contribution < -0.4 is 10.6 Å². The summed E-state index contributed by atoms with van der Waals surface area (Å²) in [7, 11) is 0. The molecule has 3 rings (SSSR count). The van der Waals surface area contributed by atoms with Gasteiger partial charge in [-0.3, -0.25) is 14.8 Å². The number of hydrogen-bond acceptors (Lipinski definition) is 3. The molecule has 2 N–H and O–H groups in total. The van der Waals surface area contributed by atoms with E-state index in [4.69, 9.17) is 4.99 Å². The lowest BCUT2D eigenvalue weighted by atomic mass is 9.90. The fraction of sp³-hybridized carbons (Fsp3) is 0.435. The Hall–Kier alpha value is -2.16. The molecule has 0 aliphatic carbocycles. The third-order valence-corrected chi connectivity index (χ3v) is 5.20. The number of guanidine groups is 1. The van der Waals surface area contributed by atoms with Crippen LogP contribution in [0.25, 0.3) is 0 Å². The van der Waals surface area contributed by atoms with Gasteiger partial charge in [0.1, 0.15) is 0 Å². The minimum Gasteiger partial charge on any atom is -0.357 e. The van der Waals surface area contributed by atoms with Gasteiger partial charge in [-0.15, -0.1) is 24.0 Å². The van der Waals surface area contributed by atoms with Crippen LogP contribution in [0.4, 0.5) is 0 Å². The highest BCUT2D eigenvalue weighted by Crippen LogP contribution is 2.21. The van der Waals surface area contributed by atoms with Crippen molar-refractivity contribution in [1.82, 2.24) is 20.5 Å². The van der Waals surface area contributed by atoms with Crippen molar-refractivity contribution in [3.05, 3.63) is 66.0 Å². The van der Waals surface area contributed by atoms with E-state index in [9.17, 15) is 4.79 Å². The van der Waals surface area contributed by atoms with E-state index >= 15 is 0 Å². The zero-order valence-corrected chi connectivity index (χ0v) is 19.9. The summed E-state index contributed by atoms with van der Waals surface area (Å²) in [5.74, 6) is 1.57. The second-order valence-electron chi connectivity index (χ2n) is 7.35. The highest BCUT2D eigenvalue weighted by Gasteiger charge is 2.21. The minimum atomic E-state index is -0.111. The molecule has 0 radical (unpaired) electrons. The van der Waals surface area contributed by atoms with Crippen molar-refractivity contribution in [2.45, 2.75) is 26.2 Å². The summed E-state index contributed by atoms with van der Waals surface area (Å²) in [6, 6.07) is 14.3. The lowest BCUT2D eigenvalue weighted by Crippen LogP contribution is -2.46. The van der Waals surface area contributed by atoms with E-state index in [0.717, 1.165) is 37.9 Å². The summed E-state index contributed by atoms with van der Waals surface area (Å²) < 4.78 is 0. The first-order valence-corrected chi connectivity index (χ1v) is 10.5. The molecule has 1 amide bonds. The number of piperidine rings is 1. The second kappa shape index (κ2) is 13.2. The van der Waals surface area contributed by atoms with E-state index in [1.807, 2.05) is 0 Å². The number of amides is 1. The highest BCUT2D eigenvalue weighted by molar-refractivity contribution is 14.0. The molecular formula is C23H32IN5O. The number of aliphatic imine (C=N–C) groups is 1. The van der Waals surface area contributed by atoms with Gasteiger partial charge in [-0.1, -0.05) is 30.3 Å². The zero-order valence-electron chi connectivity index (χ0n) is 17.6. The molecule has 7 heteroatoms. The Kier molecular flexibility index (Phi) is 10.6.